The van der Waals surface area contributed by atoms with Crippen molar-refractivity contribution in [1.82, 2.24) is 0 Å². The van der Waals surface area contributed by atoms with Gasteiger partial charge in [0.05, 0.1) is 12.2 Å². The molecule has 0 saturated carbocycles. The van der Waals surface area contributed by atoms with Gasteiger partial charge in [-0.1, -0.05) is 12.1 Å². The fourth-order valence-electron chi connectivity index (χ4n) is 2.69. The molecule has 0 unspecified atom stereocenters. The molecule has 0 aromatic heterocycles. The van der Waals surface area contributed by atoms with Crippen molar-refractivity contribution < 1.29 is 27.4 Å². The molecule has 0 spiro atoms. The van der Waals surface area contributed by atoms with E-state index in [1.165, 1.54) is 19.2 Å². The number of hydrogen-bond donors (Lipinski definition) is 2. The van der Waals surface area contributed by atoms with Gasteiger partial charge in [0.25, 0.3) is 0 Å². The van der Waals surface area contributed by atoms with Gasteiger partial charge in [0.1, 0.15) is 6.61 Å². The quantitative estimate of drug-likeness (QED) is 0.637. The Morgan fingerprint density at radius 1 is 1.04 bits per heavy atom. The van der Waals surface area contributed by atoms with Crippen LogP contribution in [0.25, 0.3) is 0 Å². The highest BCUT2D eigenvalue weighted by Crippen LogP contribution is 2.30. The molecule has 0 saturated heterocycles. The van der Waals surface area contributed by atoms with E-state index in [0.29, 0.717) is 24.5 Å². The predicted octanol–water partition coefficient (Wildman–Crippen LogP) is 5.13. The van der Waals surface area contributed by atoms with E-state index in [1.54, 1.807) is 0 Å². The molecule has 28 heavy (non-hydrogen) atoms. The lowest BCUT2D eigenvalue weighted by atomic mass is 10.0. The normalized spacial score (nSPS) is 11.2. The molecule has 0 aliphatic heterocycles. The summed E-state index contributed by atoms with van der Waals surface area (Å²) in [5, 5.41) is 5.81. The third kappa shape index (κ3) is 6.16. The summed E-state index contributed by atoms with van der Waals surface area (Å²) in [5.41, 5.74) is 3.22. The molecule has 2 rings (SSSR count). The van der Waals surface area contributed by atoms with Gasteiger partial charge < -0.3 is 14.8 Å². The van der Waals surface area contributed by atoms with Gasteiger partial charge in [-0.25, -0.2) is 4.79 Å². The lowest BCUT2D eigenvalue weighted by Gasteiger charge is -2.15. The standard InChI is InChI=1S/C20H23F3N2O3/c1-13-10-15(11-14(2)18(13)25-19(26)28-9-8-27-3)12-24-17-6-4-16(5-7-17)20(21,22)23/h4-7,10-11,24H,8-9,12H2,1-3H3,(H,25,26). The number of carbonyl (C=O) groups excluding carboxylic acids is 1. The summed E-state index contributed by atoms with van der Waals surface area (Å²) in [6.45, 7) is 4.64. The first kappa shape index (κ1) is 21.6. The smallest absolute Gasteiger partial charge is 0.416 e. The molecule has 0 bridgehead atoms. The highest BCUT2D eigenvalue weighted by Gasteiger charge is 2.29. The second kappa shape index (κ2) is 9.45. The van der Waals surface area contributed by atoms with Crippen molar-refractivity contribution in [3.63, 3.8) is 0 Å². The first-order valence-electron chi connectivity index (χ1n) is 8.64. The lowest BCUT2D eigenvalue weighted by molar-refractivity contribution is -0.137. The van der Waals surface area contributed by atoms with Gasteiger partial charge >= 0.3 is 12.3 Å². The van der Waals surface area contributed by atoms with Crippen molar-refractivity contribution in [2.75, 3.05) is 31.0 Å². The van der Waals surface area contributed by atoms with Crippen LogP contribution in [0, 0.1) is 13.8 Å². The lowest BCUT2D eigenvalue weighted by Crippen LogP contribution is -2.18. The van der Waals surface area contributed by atoms with Crippen LogP contribution in [0.15, 0.2) is 36.4 Å². The molecule has 0 aliphatic carbocycles. The molecule has 0 heterocycles. The van der Waals surface area contributed by atoms with Gasteiger partial charge in [0.15, 0.2) is 0 Å². The minimum absolute atomic E-state index is 0.162. The first-order chi connectivity index (χ1) is 13.2. The Hall–Kier alpha value is -2.74. The van der Waals surface area contributed by atoms with Gasteiger partial charge in [-0.2, -0.15) is 13.2 Å². The number of aryl methyl sites for hydroxylation is 2. The predicted molar refractivity (Wildman–Crippen MR) is 102 cm³/mol. The Kier molecular flexibility index (Phi) is 7.28. The number of anilines is 2. The zero-order valence-electron chi connectivity index (χ0n) is 15.9. The van der Waals surface area contributed by atoms with Crippen LogP contribution in [0.2, 0.25) is 0 Å². The van der Waals surface area contributed by atoms with Gasteiger partial charge in [-0.3, -0.25) is 5.32 Å². The number of alkyl halides is 3. The molecule has 0 fully saturated rings. The SMILES string of the molecule is COCCOC(=O)Nc1c(C)cc(CNc2ccc(C(F)(F)F)cc2)cc1C. The van der Waals surface area contributed by atoms with Gasteiger partial charge in [-0.15, -0.1) is 0 Å². The number of nitrogens with one attached hydrogen (secondary N) is 2. The Bertz CT molecular complexity index is 782. The average molecular weight is 396 g/mol. The van der Waals surface area contributed by atoms with Crippen LogP contribution < -0.4 is 10.6 Å². The van der Waals surface area contributed by atoms with Crippen molar-refractivity contribution in [3.05, 3.63) is 58.7 Å². The zero-order valence-corrected chi connectivity index (χ0v) is 15.9. The molecule has 2 aromatic carbocycles. The van der Waals surface area contributed by atoms with E-state index in [0.717, 1.165) is 28.8 Å². The molecule has 2 N–H and O–H groups in total. The maximum atomic E-state index is 12.6. The second-order valence-electron chi connectivity index (χ2n) is 6.29. The highest BCUT2D eigenvalue weighted by molar-refractivity contribution is 5.87. The molecule has 0 radical (unpaired) electrons. The number of ether oxygens (including phenoxy) is 2. The van der Waals surface area contributed by atoms with Crippen molar-refractivity contribution in [2.24, 2.45) is 0 Å². The Labute approximate surface area is 161 Å². The van der Waals surface area contributed by atoms with E-state index < -0.39 is 17.8 Å². The Morgan fingerprint density at radius 2 is 1.64 bits per heavy atom. The van der Waals surface area contributed by atoms with E-state index in [-0.39, 0.29) is 6.61 Å². The van der Waals surface area contributed by atoms with Crippen molar-refractivity contribution >= 4 is 17.5 Å². The Balaban J connectivity index is 1.99. The van der Waals surface area contributed by atoms with E-state index in [4.69, 9.17) is 9.47 Å². The molecular formula is C20H23F3N2O3. The summed E-state index contributed by atoms with van der Waals surface area (Å²) >= 11 is 0. The number of amides is 1. The summed E-state index contributed by atoms with van der Waals surface area (Å²) < 4.78 is 47.6. The van der Waals surface area contributed by atoms with E-state index in [1.807, 2.05) is 26.0 Å². The number of hydrogen-bond acceptors (Lipinski definition) is 4. The van der Waals surface area contributed by atoms with E-state index >= 15 is 0 Å². The van der Waals surface area contributed by atoms with Crippen LogP contribution in [-0.4, -0.2) is 26.4 Å². The fourth-order valence-corrected chi connectivity index (χ4v) is 2.69. The summed E-state index contributed by atoms with van der Waals surface area (Å²) in [6.07, 6.45) is -4.90. The molecule has 0 atom stereocenters. The number of rotatable bonds is 7. The van der Waals surface area contributed by atoms with Gasteiger partial charge in [-0.05, 0) is 54.8 Å². The Morgan fingerprint density at radius 3 is 2.18 bits per heavy atom. The van der Waals surface area contributed by atoms with Crippen molar-refractivity contribution in [3.8, 4) is 0 Å². The number of halogens is 3. The summed E-state index contributed by atoms with van der Waals surface area (Å²) in [5.74, 6) is 0. The zero-order chi connectivity index (χ0) is 20.7. The molecule has 152 valence electrons. The summed E-state index contributed by atoms with van der Waals surface area (Å²) in [7, 11) is 1.52. The maximum absolute atomic E-state index is 12.6. The van der Waals surface area contributed by atoms with Gasteiger partial charge in [0.2, 0.25) is 0 Å². The second-order valence-corrected chi connectivity index (χ2v) is 6.29. The molecule has 5 nitrogen and oxygen atoms in total. The van der Waals surface area contributed by atoms with E-state index in [9.17, 15) is 18.0 Å². The maximum Gasteiger partial charge on any atom is 0.416 e. The molecule has 1 amide bonds. The van der Waals surface area contributed by atoms with Crippen molar-refractivity contribution in [1.29, 1.82) is 0 Å². The minimum atomic E-state index is -4.35. The average Bonchev–Trinajstić information content (AvgIpc) is 2.63. The largest absolute Gasteiger partial charge is 0.447 e. The minimum Gasteiger partial charge on any atom is -0.447 e. The number of methoxy groups -OCH3 is 1. The van der Waals surface area contributed by atoms with Crippen LogP contribution in [0.5, 0.6) is 0 Å². The van der Waals surface area contributed by atoms with Crippen LogP contribution in [0.3, 0.4) is 0 Å². The molecular weight excluding hydrogens is 373 g/mol. The van der Waals surface area contributed by atoms with Crippen LogP contribution in [0.4, 0.5) is 29.3 Å². The number of carbonyl (C=O) groups is 1. The third-order valence-electron chi connectivity index (χ3n) is 4.05. The van der Waals surface area contributed by atoms with Crippen LogP contribution in [0.1, 0.15) is 22.3 Å². The summed E-state index contributed by atoms with van der Waals surface area (Å²) in [4.78, 5) is 11.8. The molecule has 0 aliphatic rings. The first-order valence-corrected chi connectivity index (χ1v) is 8.64. The van der Waals surface area contributed by atoms with Gasteiger partial charge in [0, 0.05) is 25.0 Å². The van der Waals surface area contributed by atoms with Crippen molar-refractivity contribution in [2.45, 2.75) is 26.6 Å². The fraction of sp³-hybridized carbons (Fsp3) is 0.350. The highest BCUT2D eigenvalue weighted by atomic mass is 19.4. The monoisotopic (exact) mass is 396 g/mol. The molecule has 2 aromatic rings. The summed E-state index contributed by atoms with van der Waals surface area (Å²) in [6, 6.07) is 8.68. The van der Waals surface area contributed by atoms with E-state index in [2.05, 4.69) is 10.6 Å². The third-order valence-corrected chi connectivity index (χ3v) is 4.05. The topological polar surface area (TPSA) is 59.6 Å². The number of benzene rings is 2. The van der Waals surface area contributed by atoms with Crippen LogP contribution in [-0.2, 0) is 22.2 Å². The molecule has 8 heteroatoms. The van der Waals surface area contributed by atoms with Crippen LogP contribution >= 0.6 is 0 Å².